The van der Waals surface area contributed by atoms with E-state index in [0.717, 1.165) is 36.8 Å². The Balaban J connectivity index is 1.32. The van der Waals surface area contributed by atoms with E-state index in [4.69, 9.17) is 0 Å². The van der Waals surface area contributed by atoms with Crippen molar-refractivity contribution in [3.05, 3.63) is 59.2 Å². The summed E-state index contributed by atoms with van der Waals surface area (Å²) < 4.78 is 27.9. The fraction of sp³-hybridized carbons (Fsp3) is 0.462. The Hall–Kier alpha value is -2.71. The van der Waals surface area contributed by atoms with Crippen LogP contribution in [0.2, 0.25) is 0 Å². The van der Waals surface area contributed by atoms with Crippen LogP contribution in [0, 0.1) is 5.92 Å². The van der Waals surface area contributed by atoms with E-state index < -0.39 is 10.0 Å². The van der Waals surface area contributed by atoms with Gasteiger partial charge in [-0.2, -0.15) is 4.31 Å². The SMILES string of the molecule is CN(C)C(=O)Cc1ccc(NC(=O)C2CCN(S(=O)(=O)c3ccc4c(c3)CCCC4)CC2)cc1. The van der Waals surface area contributed by atoms with Crippen LogP contribution < -0.4 is 5.32 Å². The van der Waals surface area contributed by atoms with Crippen molar-refractivity contribution in [2.75, 3.05) is 32.5 Å². The lowest BCUT2D eigenvalue weighted by atomic mass is 9.92. The second kappa shape index (κ2) is 10.3. The van der Waals surface area contributed by atoms with Crippen molar-refractivity contribution in [3.8, 4) is 0 Å². The van der Waals surface area contributed by atoms with Crippen LogP contribution in [-0.2, 0) is 38.9 Å². The molecule has 0 aromatic heterocycles. The largest absolute Gasteiger partial charge is 0.349 e. The molecule has 2 aromatic carbocycles. The molecule has 8 heteroatoms. The third kappa shape index (κ3) is 5.50. The number of hydrogen-bond acceptors (Lipinski definition) is 4. The number of hydrogen-bond donors (Lipinski definition) is 1. The van der Waals surface area contributed by atoms with Crippen molar-refractivity contribution in [3.63, 3.8) is 0 Å². The van der Waals surface area contributed by atoms with Gasteiger partial charge in [0.05, 0.1) is 11.3 Å². The van der Waals surface area contributed by atoms with Crippen LogP contribution in [0.1, 0.15) is 42.4 Å². The molecule has 0 spiro atoms. The Kier molecular flexibility index (Phi) is 7.38. The molecule has 1 aliphatic carbocycles. The van der Waals surface area contributed by atoms with E-state index in [1.165, 1.54) is 9.87 Å². The lowest BCUT2D eigenvalue weighted by molar-refractivity contribution is -0.128. The summed E-state index contributed by atoms with van der Waals surface area (Å²) in [6.07, 6.45) is 5.53. The summed E-state index contributed by atoms with van der Waals surface area (Å²) in [4.78, 5) is 26.5. The van der Waals surface area contributed by atoms with Gasteiger partial charge in [0.1, 0.15) is 0 Å². The summed E-state index contributed by atoms with van der Waals surface area (Å²) in [5.41, 5.74) is 3.98. The number of nitrogens with one attached hydrogen (secondary N) is 1. The summed E-state index contributed by atoms with van der Waals surface area (Å²) in [5.74, 6) is -0.304. The van der Waals surface area contributed by atoms with Gasteiger partial charge in [0, 0.05) is 38.8 Å². The number of benzene rings is 2. The second-order valence-electron chi connectivity index (χ2n) is 9.47. The molecular formula is C26H33N3O4S. The zero-order valence-corrected chi connectivity index (χ0v) is 20.7. The van der Waals surface area contributed by atoms with E-state index in [-0.39, 0.29) is 17.7 Å². The first kappa shape index (κ1) is 24.4. The molecule has 2 aromatic rings. The van der Waals surface area contributed by atoms with Crippen molar-refractivity contribution in [2.24, 2.45) is 5.92 Å². The number of rotatable bonds is 6. The van der Waals surface area contributed by atoms with Crippen molar-refractivity contribution >= 4 is 27.5 Å². The molecule has 1 N–H and O–H groups in total. The fourth-order valence-corrected chi connectivity index (χ4v) is 6.18. The number of fused-ring (bicyclic) bond motifs is 1. The van der Waals surface area contributed by atoms with Crippen LogP contribution in [0.3, 0.4) is 0 Å². The van der Waals surface area contributed by atoms with Gasteiger partial charge >= 0.3 is 0 Å². The van der Waals surface area contributed by atoms with Crippen molar-refractivity contribution in [1.29, 1.82) is 0 Å². The number of nitrogens with zero attached hydrogens (tertiary/aromatic N) is 2. The molecule has 1 fully saturated rings. The maximum atomic E-state index is 13.2. The molecule has 1 heterocycles. The zero-order chi connectivity index (χ0) is 24.3. The van der Waals surface area contributed by atoms with E-state index in [9.17, 15) is 18.0 Å². The first-order chi connectivity index (χ1) is 16.2. The second-order valence-corrected chi connectivity index (χ2v) is 11.4. The molecule has 0 bridgehead atoms. The number of carbonyl (C=O) groups is 2. The number of sulfonamides is 1. The molecule has 0 unspecified atom stereocenters. The van der Waals surface area contributed by atoms with Gasteiger partial charge in [0.15, 0.2) is 0 Å². The minimum Gasteiger partial charge on any atom is -0.349 e. The maximum Gasteiger partial charge on any atom is 0.243 e. The van der Waals surface area contributed by atoms with Gasteiger partial charge in [-0.05, 0) is 79.5 Å². The Morgan fingerprint density at radius 3 is 2.26 bits per heavy atom. The molecule has 7 nitrogen and oxygen atoms in total. The van der Waals surface area contributed by atoms with Crippen molar-refractivity contribution < 1.29 is 18.0 Å². The van der Waals surface area contributed by atoms with Gasteiger partial charge in [0.2, 0.25) is 21.8 Å². The van der Waals surface area contributed by atoms with E-state index in [1.807, 2.05) is 24.3 Å². The topological polar surface area (TPSA) is 86.8 Å². The molecule has 1 aliphatic heterocycles. The molecule has 1 saturated heterocycles. The minimum atomic E-state index is -3.55. The first-order valence-electron chi connectivity index (χ1n) is 12.0. The Morgan fingerprint density at radius 1 is 0.971 bits per heavy atom. The standard InChI is InChI=1S/C26H33N3O4S/c1-28(2)25(30)17-19-7-10-23(11-8-19)27-26(31)21-13-15-29(16-14-21)34(32,33)24-12-9-20-5-3-4-6-22(20)18-24/h7-12,18,21H,3-6,13-17H2,1-2H3,(H,27,31). The van der Waals surface area contributed by atoms with Gasteiger partial charge < -0.3 is 10.2 Å². The summed E-state index contributed by atoms with van der Waals surface area (Å²) in [7, 11) is -0.109. The highest BCUT2D eigenvalue weighted by atomic mass is 32.2. The summed E-state index contributed by atoms with van der Waals surface area (Å²) in [6.45, 7) is 0.673. The average Bonchev–Trinajstić information content (AvgIpc) is 2.84. The van der Waals surface area contributed by atoms with Crippen LogP contribution in [0.15, 0.2) is 47.4 Å². The molecule has 0 atom stereocenters. The van der Waals surface area contributed by atoms with E-state index in [2.05, 4.69) is 5.32 Å². The fourth-order valence-electron chi connectivity index (χ4n) is 4.66. The highest BCUT2D eigenvalue weighted by Crippen LogP contribution is 2.28. The average molecular weight is 484 g/mol. The van der Waals surface area contributed by atoms with Gasteiger partial charge in [-0.25, -0.2) is 8.42 Å². The van der Waals surface area contributed by atoms with E-state index in [0.29, 0.717) is 42.9 Å². The monoisotopic (exact) mass is 483 g/mol. The molecule has 34 heavy (non-hydrogen) atoms. The highest BCUT2D eigenvalue weighted by molar-refractivity contribution is 7.89. The summed E-state index contributed by atoms with van der Waals surface area (Å²) in [6, 6.07) is 12.8. The lowest BCUT2D eigenvalue weighted by Crippen LogP contribution is -2.41. The summed E-state index contributed by atoms with van der Waals surface area (Å²) in [5, 5.41) is 2.93. The van der Waals surface area contributed by atoms with Gasteiger partial charge in [-0.3, -0.25) is 9.59 Å². The Morgan fingerprint density at radius 2 is 1.62 bits per heavy atom. The number of aryl methyl sites for hydroxylation is 2. The van der Waals surface area contributed by atoms with Gasteiger partial charge in [-0.15, -0.1) is 0 Å². The van der Waals surface area contributed by atoms with Crippen LogP contribution in [-0.4, -0.2) is 56.6 Å². The predicted molar refractivity (Wildman–Crippen MR) is 132 cm³/mol. The minimum absolute atomic E-state index is 0.0221. The third-order valence-electron chi connectivity index (χ3n) is 6.86. The van der Waals surface area contributed by atoms with Crippen molar-refractivity contribution in [2.45, 2.75) is 49.8 Å². The van der Waals surface area contributed by atoms with Crippen LogP contribution in [0.5, 0.6) is 0 Å². The molecule has 0 saturated carbocycles. The number of anilines is 1. The van der Waals surface area contributed by atoms with Crippen molar-refractivity contribution in [1.82, 2.24) is 9.21 Å². The molecule has 2 aliphatic rings. The van der Waals surface area contributed by atoms with E-state index in [1.54, 1.807) is 37.2 Å². The number of likely N-dealkylation sites (N-methyl/N-ethyl adjacent to an activating group) is 1. The van der Waals surface area contributed by atoms with Gasteiger partial charge in [0.25, 0.3) is 0 Å². The Labute approximate surface area is 202 Å². The van der Waals surface area contributed by atoms with Gasteiger partial charge in [-0.1, -0.05) is 18.2 Å². The number of piperidine rings is 1. The molecule has 182 valence electrons. The highest BCUT2D eigenvalue weighted by Gasteiger charge is 2.32. The number of carbonyl (C=O) groups excluding carboxylic acids is 2. The smallest absolute Gasteiger partial charge is 0.243 e. The normalized spacial score (nSPS) is 17.1. The maximum absolute atomic E-state index is 13.2. The zero-order valence-electron chi connectivity index (χ0n) is 19.9. The molecule has 0 radical (unpaired) electrons. The molecule has 2 amide bonds. The van der Waals surface area contributed by atoms with Crippen LogP contribution in [0.4, 0.5) is 5.69 Å². The lowest BCUT2D eigenvalue weighted by Gasteiger charge is -2.31. The van der Waals surface area contributed by atoms with E-state index >= 15 is 0 Å². The Bertz CT molecular complexity index is 1150. The third-order valence-corrected chi connectivity index (χ3v) is 8.75. The van der Waals surface area contributed by atoms with Crippen LogP contribution >= 0.6 is 0 Å². The molecular weight excluding hydrogens is 450 g/mol. The predicted octanol–water partition coefficient (Wildman–Crippen LogP) is 3.24. The quantitative estimate of drug-likeness (QED) is 0.683. The number of amides is 2. The first-order valence-corrected chi connectivity index (χ1v) is 13.4. The molecule has 4 rings (SSSR count). The summed E-state index contributed by atoms with van der Waals surface area (Å²) >= 11 is 0. The van der Waals surface area contributed by atoms with Crippen LogP contribution in [0.25, 0.3) is 0 Å².